The molecule has 0 radical (unpaired) electrons. The Morgan fingerprint density at radius 1 is 1.21 bits per heavy atom. The molecule has 8 nitrogen and oxygen atoms in total. The summed E-state index contributed by atoms with van der Waals surface area (Å²) in [4.78, 5) is 27.9. The van der Waals surface area contributed by atoms with E-state index in [9.17, 15) is 18.0 Å². The maximum Gasteiger partial charge on any atom is 0.347 e. The van der Waals surface area contributed by atoms with Gasteiger partial charge in [-0.2, -0.15) is 4.31 Å². The number of hydrogen-bond donors (Lipinski definition) is 1. The lowest BCUT2D eigenvalue weighted by molar-refractivity contribution is -0.126. The third kappa shape index (κ3) is 4.85. The number of carbonyl (C=O) groups is 1. The van der Waals surface area contributed by atoms with Crippen LogP contribution in [0.5, 0.6) is 0 Å². The zero-order chi connectivity index (χ0) is 20.0. The summed E-state index contributed by atoms with van der Waals surface area (Å²) in [6.07, 6.45) is 5.00. The van der Waals surface area contributed by atoms with E-state index >= 15 is 0 Å². The first kappa shape index (κ1) is 20.2. The van der Waals surface area contributed by atoms with Gasteiger partial charge in [0.2, 0.25) is 15.9 Å². The fourth-order valence-electron chi connectivity index (χ4n) is 3.28. The predicted octanol–water partition coefficient (Wildman–Crippen LogP) is 0.850. The fourth-order valence-corrected chi connectivity index (χ4v) is 4.82. The number of nitrogens with zero attached hydrogens (tertiary/aromatic N) is 3. The molecule has 0 spiro atoms. The first-order valence-electron chi connectivity index (χ1n) is 9.33. The van der Waals surface area contributed by atoms with Crippen molar-refractivity contribution in [3.8, 4) is 0 Å². The van der Waals surface area contributed by atoms with E-state index in [0.29, 0.717) is 38.9 Å². The number of benzene rings is 1. The zero-order valence-electron chi connectivity index (χ0n) is 15.5. The molecular weight excluding hydrogens is 380 g/mol. The smallest absolute Gasteiger partial charge is 0.347 e. The molecule has 1 aliphatic heterocycles. The van der Waals surface area contributed by atoms with Gasteiger partial charge in [0.1, 0.15) is 0 Å². The Balaban J connectivity index is 1.52. The standard InChI is InChI=1S/C19H24N4O4S/c24-18(20-10-5-12-22-13-6-11-21-19(22)25)16-7-4-14-23(15-16)28(26,27)17-8-2-1-3-9-17/h1-3,6,8-9,11,13,16H,4-5,7,10,12,14-15H2,(H,20,24)/t16-/m1/s1. The van der Waals surface area contributed by atoms with E-state index in [-0.39, 0.29) is 29.0 Å². The molecule has 1 aromatic heterocycles. The predicted molar refractivity (Wildman–Crippen MR) is 104 cm³/mol. The van der Waals surface area contributed by atoms with Gasteiger partial charge in [-0.15, -0.1) is 0 Å². The number of piperidine rings is 1. The molecule has 0 aliphatic carbocycles. The molecule has 3 rings (SSSR count). The van der Waals surface area contributed by atoms with Crippen LogP contribution >= 0.6 is 0 Å². The van der Waals surface area contributed by atoms with E-state index in [4.69, 9.17) is 0 Å². The molecular formula is C19H24N4O4S. The zero-order valence-corrected chi connectivity index (χ0v) is 16.3. The minimum absolute atomic E-state index is 0.147. The van der Waals surface area contributed by atoms with Gasteiger partial charge in [0.25, 0.3) is 0 Å². The molecule has 1 saturated heterocycles. The van der Waals surface area contributed by atoms with E-state index in [1.165, 1.54) is 15.1 Å². The van der Waals surface area contributed by atoms with Crippen molar-refractivity contribution in [3.05, 3.63) is 59.3 Å². The Bertz CT molecular complexity index is 959. The quantitative estimate of drug-likeness (QED) is 0.690. The van der Waals surface area contributed by atoms with Crippen LogP contribution in [0.15, 0.2) is 58.5 Å². The second-order valence-electron chi connectivity index (χ2n) is 6.76. The Kier molecular flexibility index (Phi) is 6.58. The van der Waals surface area contributed by atoms with Gasteiger partial charge in [0.15, 0.2) is 0 Å². The van der Waals surface area contributed by atoms with Gasteiger partial charge in [-0.1, -0.05) is 18.2 Å². The topological polar surface area (TPSA) is 101 Å². The minimum Gasteiger partial charge on any atom is -0.356 e. The van der Waals surface area contributed by atoms with Crippen LogP contribution in [-0.4, -0.2) is 47.8 Å². The van der Waals surface area contributed by atoms with Crippen molar-refractivity contribution >= 4 is 15.9 Å². The van der Waals surface area contributed by atoms with Crippen LogP contribution < -0.4 is 11.0 Å². The first-order valence-corrected chi connectivity index (χ1v) is 10.8. The molecule has 0 saturated carbocycles. The van der Waals surface area contributed by atoms with Crippen LogP contribution in [0.1, 0.15) is 19.3 Å². The van der Waals surface area contributed by atoms with Crippen molar-refractivity contribution < 1.29 is 13.2 Å². The summed E-state index contributed by atoms with van der Waals surface area (Å²) < 4.78 is 28.4. The molecule has 1 N–H and O–H groups in total. The Hall–Kier alpha value is -2.52. The van der Waals surface area contributed by atoms with E-state index in [1.807, 2.05) is 0 Å². The van der Waals surface area contributed by atoms with Crippen molar-refractivity contribution in [1.29, 1.82) is 0 Å². The SMILES string of the molecule is O=C(NCCCn1cccnc1=O)[C@@H]1CCCN(S(=O)(=O)c2ccccc2)C1. The number of amides is 1. The van der Waals surface area contributed by atoms with Crippen LogP contribution in [0, 0.1) is 5.92 Å². The van der Waals surface area contributed by atoms with E-state index in [0.717, 1.165) is 0 Å². The lowest BCUT2D eigenvalue weighted by Crippen LogP contribution is -2.45. The van der Waals surface area contributed by atoms with Crippen molar-refractivity contribution in [1.82, 2.24) is 19.2 Å². The number of aromatic nitrogens is 2. The van der Waals surface area contributed by atoms with Crippen LogP contribution in [0.3, 0.4) is 0 Å². The summed E-state index contributed by atoms with van der Waals surface area (Å²) in [6, 6.07) is 9.97. The van der Waals surface area contributed by atoms with Crippen LogP contribution in [0.2, 0.25) is 0 Å². The van der Waals surface area contributed by atoms with Gasteiger partial charge < -0.3 is 5.32 Å². The first-order chi connectivity index (χ1) is 13.5. The van der Waals surface area contributed by atoms with Gasteiger partial charge in [-0.25, -0.2) is 18.2 Å². The van der Waals surface area contributed by atoms with Crippen LogP contribution in [0.4, 0.5) is 0 Å². The van der Waals surface area contributed by atoms with E-state index < -0.39 is 10.0 Å². The summed E-state index contributed by atoms with van der Waals surface area (Å²) in [5.41, 5.74) is -0.317. The molecule has 1 atom stereocenters. The second-order valence-corrected chi connectivity index (χ2v) is 8.69. The average Bonchev–Trinajstić information content (AvgIpc) is 2.73. The summed E-state index contributed by atoms with van der Waals surface area (Å²) in [5.74, 6) is -0.514. The summed E-state index contributed by atoms with van der Waals surface area (Å²) in [6.45, 7) is 1.49. The highest BCUT2D eigenvalue weighted by atomic mass is 32.2. The lowest BCUT2D eigenvalue weighted by atomic mass is 9.99. The number of aryl methyl sites for hydroxylation is 1. The molecule has 2 aromatic rings. The number of nitrogens with one attached hydrogen (secondary N) is 1. The third-order valence-electron chi connectivity index (χ3n) is 4.79. The Morgan fingerprint density at radius 2 is 2.00 bits per heavy atom. The molecule has 9 heteroatoms. The van der Waals surface area contributed by atoms with E-state index in [1.54, 1.807) is 42.6 Å². The van der Waals surface area contributed by atoms with Gasteiger partial charge in [0, 0.05) is 38.6 Å². The van der Waals surface area contributed by atoms with Crippen molar-refractivity contribution in [2.45, 2.75) is 30.7 Å². The average molecular weight is 404 g/mol. The van der Waals surface area contributed by atoms with Gasteiger partial charge >= 0.3 is 5.69 Å². The largest absolute Gasteiger partial charge is 0.356 e. The van der Waals surface area contributed by atoms with Crippen molar-refractivity contribution in [2.75, 3.05) is 19.6 Å². The number of hydrogen-bond acceptors (Lipinski definition) is 5. The van der Waals surface area contributed by atoms with Crippen molar-refractivity contribution in [3.63, 3.8) is 0 Å². The van der Waals surface area contributed by atoms with Crippen LogP contribution in [0.25, 0.3) is 0 Å². The van der Waals surface area contributed by atoms with Crippen molar-refractivity contribution in [2.24, 2.45) is 5.92 Å². The second kappa shape index (κ2) is 9.11. The Labute approximate surface area is 164 Å². The normalized spacial score (nSPS) is 17.9. The maximum absolute atomic E-state index is 12.8. The Morgan fingerprint density at radius 3 is 2.75 bits per heavy atom. The third-order valence-corrected chi connectivity index (χ3v) is 6.67. The maximum atomic E-state index is 12.8. The van der Waals surface area contributed by atoms with E-state index in [2.05, 4.69) is 10.3 Å². The lowest BCUT2D eigenvalue weighted by Gasteiger charge is -2.31. The number of rotatable bonds is 7. The summed E-state index contributed by atoms with van der Waals surface area (Å²) >= 11 is 0. The summed E-state index contributed by atoms with van der Waals surface area (Å²) in [5, 5.41) is 2.86. The molecule has 1 aliphatic rings. The molecule has 1 amide bonds. The molecule has 150 valence electrons. The summed E-state index contributed by atoms with van der Waals surface area (Å²) in [7, 11) is -3.59. The van der Waals surface area contributed by atoms with Crippen LogP contribution in [-0.2, 0) is 21.4 Å². The number of sulfonamides is 1. The monoisotopic (exact) mass is 404 g/mol. The minimum atomic E-state index is -3.59. The molecule has 1 aromatic carbocycles. The number of carbonyl (C=O) groups excluding carboxylic acids is 1. The molecule has 0 unspecified atom stereocenters. The highest BCUT2D eigenvalue weighted by molar-refractivity contribution is 7.89. The molecule has 2 heterocycles. The highest BCUT2D eigenvalue weighted by Crippen LogP contribution is 2.23. The molecule has 28 heavy (non-hydrogen) atoms. The van der Waals surface area contributed by atoms with Gasteiger partial charge in [-0.05, 0) is 37.5 Å². The fraction of sp³-hybridized carbons (Fsp3) is 0.421. The van der Waals surface area contributed by atoms with Gasteiger partial charge in [0.05, 0.1) is 10.8 Å². The van der Waals surface area contributed by atoms with Gasteiger partial charge in [-0.3, -0.25) is 9.36 Å². The molecule has 0 bridgehead atoms. The highest BCUT2D eigenvalue weighted by Gasteiger charge is 2.33. The molecule has 1 fully saturated rings.